The third kappa shape index (κ3) is 3.60. The zero-order valence-electron chi connectivity index (χ0n) is 11.5. The van der Waals surface area contributed by atoms with Crippen LogP contribution >= 0.6 is 15.9 Å². The molecule has 1 atom stereocenters. The Morgan fingerprint density at radius 2 is 2.26 bits per heavy atom. The van der Waals surface area contributed by atoms with Crippen molar-refractivity contribution < 1.29 is 9.53 Å². The predicted octanol–water partition coefficient (Wildman–Crippen LogP) is 2.82. The summed E-state index contributed by atoms with van der Waals surface area (Å²) in [5.41, 5.74) is 0.716. The number of nitrogens with zero attached hydrogens (tertiary/aromatic N) is 1. The summed E-state index contributed by atoms with van der Waals surface area (Å²) in [4.78, 5) is 12.3. The molecule has 0 aliphatic carbocycles. The predicted molar refractivity (Wildman–Crippen MR) is 78.3 cm³/mol. The molecule has 1 aliphatic heterocycles. The molecule has 106 valence electrons. The summed E-state index contributed by atoms with van der Waals surface area (Å²) in [5.74, 6) is 0.526. The third-order valence-corrected chi connectivity index (χ3v) is 4.20. The van der Waals surface area contributed by atoms with E-state index >= 15 is 0 Å². The lowest BCUT2D eigenvalue weighted by Gasteiger charge is -2.28. The first-order valence-electron chi connectivity index (χ1n) is 6.86. The molecule has 19 heavy (non-hydrogen) atoms. The van der Waals surface area contributed by atoms with Gasteiger partial charge in [-0.1, -0.05) is 0 Å². The summed E-state index contributed by atoms with van der Waals surface area (Å²) in [6.45, 7) is 6.52. The fourth-order valence-corrected chi connectivity index (χ4v) is 3.01. The van der Waals surface area contributed by atoms with Crippen LogP contribution in [0.15, 0.2) is 16.7 Å². The molecule has 2 heterocycles. The minimum Gasteiger partial charge on any atom is -0.381 e. The number of hydrogen-bond acceptors (Lipinski definition) is 2. The molecule has 1 unspecified atom stereocenters. The molecule has 1 aromatic rings. The van der Waals surface area contributed by atoms with E-state index in [0.29, 0.717) is 11.6 Å². The second-order valence-electron chi connectivity index (χ2n) is 5.04. The van der Waals surface area contributed by atoms with Crippen LogP contribution in [0.5, 0.6) is 0 Å². The van der Waals surface area contributed by atoms with Crippen LogP contribution in [0.4, 0.5) is 0 Å². The first kappa shape index (κ1) is 14.6. The highest BCUT2D eigenvalue weighted by molar-refractivity contribution is 9.10. The zero-order valence-corrected chi connectivity index (χ0v) is 13.1. The highest BCUT2D eigenvalue weighted by Gasteiger charge is 2.23. The lowest BCUT2D eigenvalue weighted by molar-refractivity contribution is 0.0537. The average Bonchev–Trinajstić information content (AvgIpc) is 2.81. The lowest BCUT2D eigenvalue weighted by atomic mass is 9.93. The Kier molecular flexibility index (Phi) is 5.05. The Balaban J connectivity index is 1.99. The van der Waals surface area contributed by atoms with E-state index in [9.17, 15) is 4.79 Å². The van der Waals surface area contributed by atoms with Gasteiger partial charge in [0, 0.05) is 36.5 Å². The van der Waals surface area contributed by atoms with Gasteiger partial charge in [-0.2, -0.15) is 0 Å². The summed E-state index contributed by atoms with van der Waals surface area (Å²) in [6, 6.07) is 2.06. The van der Waals surface area contributed by atoms with Crippen LogP contribution in [-0.4, -0.2) is 29.7 Å². The zero-order chi connectivity index (χ0) is 13.8. The summed E-state index contributed by atoms with van der Waals surface area (Å²) in [6.07, 6.45) is 3.99. The number of rotatable bonds is 4. The molecule has 5 heteroatoms. The SMILES string of the molecule is CCn1cc(Br)cc1C(=O)NC(C)C1CCOCC1. The van der Waals surface area contributed by atoms with Crippen LogP contribution < -0.4 is 5.32 Å². The van der Waals surface area contributed by atoms with Crippen molar-refractivity contribution >= 4 is 21.8 Å². The van der Waals surface area contributed by atoms with Crippen LogP contribution in [0.1, 0.15) is 37.2 Å². The maximum absolute atomic E-state index is 12.3. The standard InChI is InChI=1S/C14H21BrN2O2/c1-3-17-9-12(15)8-13(17)14(18)16-10(2)11-4-6-19-7-5-11/h8-11H,3-7H2,1-2H3,(H,16,18). The molecule has 1 saturated heterocycles. The maximum Gasteiger partial charge on any atom is 0.268 e. The van der Waals surface area contributed by atoms with Crippen molar-refractivity contribution in [1.29, 1.82) is 0 Å². The number of carbonyl (C=O) groups excluding carboxylic acids is 1. The fourth-order valence-electron chi connectivity index (χ4n) is 2.54. The van der Waals surface area contributed by atoms with E-state index in [1.165, 1.54) is 0 Å². The number of amides is 1. The molecule has 0 saturated carbocycles. The van der Waals surface area contributed by atoms with Crippen molar-refractivity contribution in [3.63, 3.8) is 0 Å². The van der Waals surface area contributed by atoms with Gasteiger partial charge in [-0.3, -0.25) is 4.79 Å². The minimum atomic E-state index is 0.00606. The molecule has 0 aromatic carbocycles. The van der Waals surface area contributed by atoms with Gasteiger partial charge in [0.05, 0.1) is 0 Å². The second kappa shape index (κ2) is 6.57. The highest BCUT2D eigenvalue weighted by atomic mass is 79.9. The van der Waals surface area contributed by atoms with Gasteiger partial charge in [0.1, 0.15) is 5.69 Å². The number of carbonyl (C=O) groups is 1. The smallest absolute Gasteiger partial charge is 0.268 e. The van der Waals surface area contributed by atoms with Gasteiger partial charge in [-0.05, 0) is 54.6 Å². The Morgan fingerprint density at radius 1 is 1.58 bits per heavy atom. The van der Waals surface area contributed by atoms with Gasteiger partial charge in [0.2, 0.25) is 0 Å². The van der Waals surface area contributed by atoms with E-state index in [0.717, 1.165) is 37.1 Å². The van der Waals surface area contributed by atoms with E-state index in [1.807, 2.05) is 23.8 Å². The number of ether oxygens (including phenoxy) is 1. The molecule has 0 bridgehead atoms. The quantitative estimate of drug-likeness (QED) is 0.923. The number of aromatic nitrogens is 1. The largest absolute Gasteiger partial charge is 0.381 e. The van der Waals surface area contributed by atoms with Gasteiger partial charge in [-0.25, -0.2) is 0 Å². The number of nitrogens with one attached hydrogen (secondary N) is 1. The number of hydrogen-bond donors (Lipinski definition) is 1. The third-order valence-electron chi connectivity index (χ3n) is 3.77. The first-order chi connectivity index (χ1) is 9.11. The molecule has 1 fully saturated rings. The molecule has 1 N–H and O–H groups in total. The van der Waals surface area contributed by atoms with E-state index in [4.69, 9.17) is 4.74 Å². The van der Waals surface area contributed by atoms with Gasteiger partial charge in [0.25, 0.3) is 5.91 Å². The van der Waals surface area contributed by atoms with Crippen LogP contribution in [0, 0.1) is 5.92 Å². The van der Waals surface area contributed by atoms with Crippen molar-refractivity contribution in [2.24, 2.45) is 5.92 Å². The molecule has 4 nitrogen and oxygen atoms in total. The first-order valence-corrected chi connectivity index (χ1v) is 7.65. The molecule has 1 aliphatic rings. The summed E-state index contributed by atoms with van der Waals surface area (Å²) >= 11 is 3.42. The Bertz CT molecular complexity index is 439. The van der Waals surface area contributed by atoms with Crippen molar-refractivity contribution in [1.82, 2.24) is 9.88 Å². The molecular formula is C14H21BrN2O2. The minimum absolute atomic E-state index is 0.00606. The Hall–Kier alpha value is -0.810. The molecule has 0 spiro atoms. The van der Waals surface area contributed by atoms with Crippen molar-refractivity contribution in [2.75, 3.05) is 13.2 Å². The molecule has 1 amide bonds. The van der Waals surface area contributed by atoms with E-state index < -0.39 is 0 Å². The van der Waals surface area contributed by atoms with Crippen molar-refractivity contribution in [2.45, 2.75) is 39.3 Å². The Morgan fingerprint density at radius 3 is 2.89 bits per heavy atom. The Labute approximate surface area is 122 Å². The normalized spacial score (nSPS) is 18.3. The van der Waals surface area contributed by atoms with Crippen LogP contribution in [0.3, 0.4) is 0 Å². The highest BCUT2D eigenvalue weighted by Crippen LogP contribution is 2.20. The fraction of sp³-hybridized carbons (Fsp3) is 0.643. The monoisotopic (exact) mass is 328 g/mol. The van der Waals surface area contributed by atoms with Crippen LogP contribution in [-0.2, 0) is 11.3 Å². The van der Waals surface area contributed by atoms with E-state index in [1.54, 1.807) is 0 Å². The molecular weight excluding hydrogens is 308 g/mol. The van der Waals surface area contributed by atoms with Crippen molar-refractivity contribution in [3.05, 3.63) is 22.4 Å². The number of halogens is 1. The van der Waals surface area contributed by atoms with Gasteiger partial charge in [0.15, 0.2) is 0 Å². The molecule has 1 aromatic heterocycles. The average molecular weight is 329 g/mol. The number of aryl methyl sites for hydroxylation is 1. The second-order valence-corrected chi connectivity index (χ2v) is 5.96. The van der Waals surface area contributed by atoms with E-state index in [2.05, 4.69) is 28.2 Å². The van der Waals surface area contributed by atoms with E-state index in [-0.39, 0.29) is 11.9 Å². The topological polar surface area (TPSA) is 43.3 Å². The van der Waals surface area contributed by atoms with Crippen LogP contribution in [0.2, 0.25) is 0 Å². The summed E-state index contributed by atoms with van der Waals surface area (Å²) in [5, 5.41) is 3.12. The lowest BCUT2D eigenvalue weighted by Crippen LogP contribution is -2.40. The summed E-state index contributed by atoms with van der Waals surface area (Å²) in [7, 11) is 0. The van der Waals surface area contributed by atoms with Crippen LogP contribution in [0.25, 0.3) is 0 Å². The summed E-state index contributed by atoms with van der Waals surface area (Å²) < 4.78 is 8.25. The maximum atomic E-state index is 12.3. The molecule has 2 rings (SSSR count). The van der Waals surface area contributed by atoms with Gasteiger partial charge in [-0.15, -0.1) is 0 Å². The molecule has 0 radical (unpaired) electrons. The van der Waals surface area contributed by atoms with Crippen molar-refractivity contribution in [3.8, 4) is 0 Å². The van der Waals surface area contributed by atoms with Gasteiger partial charge < -0.3 is 14.6 Å². The van der Waals surface area contributed by atoms with Gasteiger partial charge >= 0.3 is 0 Å².